The Morgan fingerprint density at radius 3 is 2.35 bits per heavy atom. The maximum absolute atomic E-state index is 13.6. The van der Waals surface area contributed by atoms with Gasteiger partial charge in [0.2, 0.25) is 5.91 Å². The van der Waals surface area contributed by atoms with Crippen molar-refractivity contribution in [2.24, 2.45) is 0 Å². The van der Waals surface area contributed by atoms with Crippen molar-refractivity contribution in [1.29, 1.82) is 0 Å². The monoisotopic (exact) mass is 488 g/mol. The van der Waals surface area contributed by atoms with E-state index in [0.29, 0.717) is 19.6 Å². The molecule has 1 aromatic rings. The summed E-state index contributed by atoms with van der Waals surface area (Å²) in [7, 11) is 4.29. The van der Waals surface area contributed by atoms with Crippen molar-refractivity contribution in [1.82, 2.24) is 20.0 Å². The Kier molecular flexibility index (Phi) is 7.50. The van der Waals surface area contributed by atoms with Gasteiger partial charge < -0.3 is 20.2 Å². The number of nitrogens with zero attached hydrogens (tertiary/aromatic N) is 3. The highest BCUT2D eigenvalue weighted by molar-refractivity contribution is 7.98. The van der Waals surface area contributed by atoms with Crippen LogP contribution in [0.15, 0.2) is 30.3 Å². The molecule has 7 nitrogen and oxygen atoms in total. The third-order valence-corrected chi connectivity index (χ3v) is 9.05. The fraction of sp³-hybridized carbons (Fsp3) is 0.692. The standard InChI is InChI=1S/C26H40N4O3S/c1-28(2)26(21-8-5-4-6-9-21)14-12-24(13-15-26)19-29(18-22(31)27-16-17-34-3)23(32)30(24)20-25(33)10-7-11-25/h4-6,8-9,33H,7,10-20H2,1-3H3,(H,27,31). The van der Waals surface area contributed by atoms with Crippen molar-refractivity contribution >= 4 is 23.7 Å². The summed E-state index contributed by atoms with van der Waals surface area (Å²) in [5.74, 6) is 0.749. The van der Waals surface area contributed by atoms with E-state index >= 15 is 0 Å². The molecular formula is C26H40N4O3S. The summed E-state index contributed by atoms with van der Waals surface area (Å²) in [5.41, 5.74) is 0.121. The van der Waals surface area contributed by atoms with E-state index in [1.54, 1.807) is 16.7 Å². The normalized spacial score (nSPS) is 28.4. The lowest BCUT2D eigenvalue weighted by Crippen LogP contribution is -2.59. The van der Waals surface area contributed by atoms with Crippen LogP contribution >= 0.6 is 11.8 Å². The molecular weight excluding hydrogens is 448 g/mol. The number of hydrogen-bond donors (Lipinski definition) is 2. The summed E-state index contributed by atoms with van der Waals surface area (Å²) in [5, 5.41) is 13.9. The van der Waals surface area contributed by atoms with Crippen molar-refractivity contribution < 1.29 is 14.7 Å². The number of thioether (sulfide) groups is 1. The number of aliphatic hydroxyl groups is 1. The molecule has 2 saturated carbocycles. The second kappa shape index (κ2) is 10.1. The first-order valence-corrected chi connectivity index (χ1v) is 13.9. The van der Waals surface area contributed by atoms with Crippen molar-refractivity contribution in [2.75, 3.05) is 52.3 Å². The highest BCUT2D eigenvalue weighted by atomic mass is 32.2. The molecule has 0 radical (unpaired) electrons. The molecule has 3 aliphatic rings. The summed E-state index contributed by atoms with van der Waals surface area (Å²) in [6.07, 6.45) is 8.07. The van der Waals surface area contributed by atoms with E-state index < -0.39 is 5.60 Å². The van der Waals surface area contributed by atoms with Gasteiger partial charge in [0.15, 0.2) is 0 Å². The Balaban J connectivity index is 1.54. The largest absolute Gasteiger partial charge is 0.388 e. The number of urea groups is 1. The van der Waals surface area contributed by atoms with E-state index in [1.165, 1.54) is 5.56 Å². The Hall–Kier alpha value is -1.77. The molecule has 2 N–H and O–H groups in total. The molecule has 0 bridgehead atoms. The minimum Gasteiger partial charge on any atom is -0.388 e. The van der Waals surface area contributed by atoms with Crippen molar-refractivity contribution in [3.63, 3.8) is 0 Å². The highest BCUT2D eigenvalue weighted by Gasteiger charge is 2.56. The molecule has 34 heavy (non-hydrogen) atoms. The van der Waals surface area contributed by atoms with E-state index in [2.05, 4.69) is 54.6 Å². The number of β-amino-alcohol motifs (C(OH)–C–C–N with tert-alkyl or cyclic N) is 1. The minimum atomic E-state index is -0.783. The SMILES string of the molecule is CSCCNC(=O)CN1CC2(CCC(c3ccccc3)(N(C)C)CC2)N(CC2(O)CCC2)C1=O. The van der Waals surface area contributed by atoms with Crippen molar-refractivity contribution in [3.8, 4) is 0 Å². The number of carbonyl (C=O) groups excluding carboxylic acids is 2. The first kappa shape index (κ1) is 25.3. The molecule has 1 aromatic carbocycles. The van der Waals surface area contributed by atoms with E-state index in [-0.39, 0.29) is 29.6 Å². The molecule has 0 aromatic heterocycles. The number of carbonyl (C=O) groups is 2. The van der Waals surface area contributed by atoms with Gasteiger partial charge in [-0.05, 0) is 70.9 Å². The van der Waals surface area contributed by atoms with E-state index in [4.69, 9.17) is 0 Å². The minimum absolute atomic E-state index is 0.0722. The third-order valence-electron chi connectivity index (χ3n) is 8.43. The Morgan fingerprint density at radius 1 is 1.12 bits per heavy atom. The van der Waals surface area contributed by atoms with Crippen LogP contribution in [0.25, 0.3) is 0 Å². The van der Waals surface area contributed by atoms with E-state index in [1.807, 2.05) is 11.2 Å². The lowest BCUT2D eigenvalue weighted by Gasteiger charge is -2.52. The highest BCUT2D eigenvalue weighted by Crippen LogP contribution is 2.50. The molecule has 0 atom stereocenters. The summed E-state index contributed by atoms with van der Waals surface area (Å²) < 4.78 is 0. The van der Waals surface area contributed by atoms with Gasteiger partial charge in [-0.2, -0.15) is 11.8 Å². The maximum atomic E-state index is 13.6. The van der Waals surface area contributed by atoms with Gasteiger partial charge in [0.1, 0.15) is 6.54 Å². The zero-order valence-electron chi connectivity index (χ0n) is 20.9. The van der Waals surface area contributed by atoms with Crippen LogP contribution < -0.4 is 5.32 Å². The van der Waals surface area contributed by atoms with Crippen LogP contribution in [0.2, 0.25) is 0 Å². The lowest BCUT2D eigenvalue weighted by atomic mass is 9.67. The fourth-order valence-electron chi connectivity index (χ4n) is 6.10. The molecule has 1 spiro atoms. The van der Waals surface area contributed by atoms with Crippen LogP contribution in [0, 0.1) is 0 Å². The van der Waals surface area contributed by atoms with Gasteiger partial charge >= 0.3 is 6.03 Å². The number of nitrogens with one attached hydrogen (secondary N) is 1. The summed E-state index contributed by atoms with van der Waals surface area (Å²) in [6, 6.07) is 10.6. The van der Waals surface area contributed by atoms with Crippen molar-refractivity contribution in [2.45, 2.75) is 61.6 Å². The zero-order chi connectivity index (χ0) is 24.4. The van der Waals surface area contributed by atoms with Crippen LogP contribution in [-0.4, -0.2) is 95.2 Å². The van der Waals surface area contributed by atoms with Crippen LogP contribution in [0.1, 0.15) is 50.5 Å². The molecule has 3 amide bonds. The molecule has 1 aliphatic heterocycles. The fourth-order valence-corrected chi connectivity index (χ4v) is 6.41. The van der Waals surface area contributed by atoms with Gasteiger partial charge in [-0.3, -0.25) is 9.69 Å². The van der Waals surface area contributed by atoms with Gasteiger partial charge in [-0.1, -0.05) is 30.3 Å². The second-order valence-electron chi connectivity index (χ2n) is 10.7. The Labute approximate surface area is 208 Å². The van der Waals surface area contributed by atoms with Crippen LogP contribution in [0.4, 0.5) is 4.79 Å². The molecule has 188 valence electrons. The summed E-state index contributed by atoms with van der Waals surface area (Å²) in [6.45, 7) is 1.62. The van der Waals surface area contributed by atoms with Crippen LogP contribution in [0.3, 0.4) is 0 Å². The molecule has 2 aliphatic carbocycles. The zero-order valence-corrected chi connectivity index (χ0v) is 21.7. The topological polar surface area (TPSA) is 76.1 Å². The van der Waals surface area contributed by atoms with Gasteiger partial charge in [0, 0.05) is 24.4 Å². The first-order valence-electron chi connectivity index (χ1n) is 12.5. The lowest BCUT2D eigenvalue weighted by molar-refractivity contribution is -0.121. The second-order valence-corrected chi connectivity index (χ2v) is 11.6. The molecule has 0 unspecified atom stereocenters. The van der Waals surface area contributed by atoms with Crippen LogP contribution in [0.5, 0.6) is 0 Å². The van der Waals surface area contributed by atoms with Gasteiger partial charge in [0.05, 0.1) is 17.7 Å². The molecule has 8 heteroatoms. The number of benzene rings is 1. The van der Waals surface area contributed by atoms with Gasteiger partial charge in [0.25, 0.3) is 0 Å². The Bertz CT molecular complexity index is 866. The average Bonchev–Trinajstić information content (AvgIpc) is 3.04. The molecule has 1 saturated heterocycles. The van der Waals surface area contributed by atoms with Gasteiger partial charge in [-0.25, -0.2) is 4.79 Å². The molecule has 1 heterocycles. The predicted octanol–water partition coefficient (Wildman–Crippen LogP) is 2.89. The molecule has 3 fully saturated rings. The maximum Gasteiger partial charge on any atom is 0.321 e. The third kappa shape index (κ3) is 4.82. The number of hydrogen-bond acceptors (Lipinski definition) is 5. The van der Waals surface area contributed by atoms with Crippen LogP contribution in [-0.2, 0) is 10.3 Å². The first-order chi connectivity index (χ1) is 16.2. The summed E-state index contributed by atoms with van der Waals surface area (Å²) >= 11 is 1.69. The van der Waals surface area contributed by atoms with E-state index in [9.17, 15) is 14.7 Å². The average molecular weight is 489 g/mol. The van der Waals surface area contributed by atoms with Gasteiger partial charge in [-0.15, -0.1) is 0 Å². The van der Waals surface area contributed by atoms with Crippen molar-refractivity contribution in [3.05, 3.63) is 35.9 Å². The number of amides is 3. The Morgan fingerprint density at radius 2 is 1.79 bits per heavy atom. The molecule has 4 rings (SSSR count). The smallest absolute Gasteiger partial charge is 0.321 e. The number of rotatable bonds is 9. The quantitative estimate of drug-likeness (QED) is 0.523. The van der Waals surface area contributed by atoms with E-state index in [0.717, 1.165) is 50.7 Å². The predicted molar refractivity (Wildman–Crippen MR) is 137 cm³/mol. The summed E-state index contributed by atoms with van der Waals surface area (Å²) in [4.78, 5) is 32.1.